The zero-order valence-electron chi connectivity index (χ0n) is 18.1. The molecule has 0 radical (unpaired) electrons. The molecule has 0 bridgehead atoms. The van der Waals surface area contributed by atoms with Crippen LogP contribution in [0.3, 0.4) is 0 Å². The topological polar surface area (TPSA) is 95.0 Å². The Bertz CT molecular complexity index is 1000. The molecule has 1 aliphatic heterocycles. The van der Waals surface area contributed by atoms with E-state index in [0.29, 0.717) is 18.1 Å². The summed E-state index contributed by atoms with van der Waals surface area (Å²) in [4.78, 5) is 15.8. The Hall–Kier alpha value is -2.16. The van der Waals surface area contributed by atoms with Crippen LogP contribution in [0.5, 0.6) is 5.88 Å². The molecule has 3 N–H and O–H groups in total. The number of hydrogen-bond acceptors (Lipinski definition) is 6. The van der Waals surface area contributed by atoms with Crippen molar-refractivity contribution in [1.29, 1.82) is 0 Å². The second kappa shape index (κ2) is 8.53. The van der Waals surface area contributed by atoms with E-state index in [4.69, 9.17) is 0 Å². The predicted molar refractivity (Wildman–Crippen MR) is 116 cm³/mol. The Kier molecular flexibility index (Phi) is 5.99. The molecule has 0 amide bonds. The second-order valence-corrected chi connectivity index (χ2v) is 8.71. The SMILES string of the molecule is CCC(CC)Cn1c(=O)c(C(O)NC2CC2)c(O)n2ncc(C3=CCN(C)CC3)c12. The summed E-state index contributed by atoms with van der Waals surface area (Å²) in [5, 5.41) is 29.0. The minimum absolute atomic E-state index is 0.0210. The third-order valence-electron chi connectivity index (χ3n) is 6.51. The number of aliphatic hydroxyl groups is 1. The number of aromatic hydroxyl groups is 1. The quantitative estimate of drug-likeness (QED) is 0.572. The van der Waals surface area contributed by atoms with Crippen LogP contribution in [0, 0.1) is 5.92 Å². The summed E-state index contributed by atoms with van der Waals surface area (Å²) in [6.45, 7) is 6.56. The molecule has 0 spiro atoms. The first kappa shape index (κ1) is 21.1. The van der Waals surface area contributed by atoms with Gasteiger partial charge in [-0.2, -0.15) is 9.61 Å². The smallest absolute Gasteiger partial charge is 0.264 e. The fourth-order valence-corrected chi connectivity index (χ4v) is 4.22. The van der Waals surface area contributed by atoms with Gasteiger partial charge in [-0.3, -0.25) is 14.7 Å². The summed E-state index contributed by atoms with van der Waals surface area (Å²) in [6, 6.07) is 0.194. The standard InChI is InChI=1S/C22H33N5O3/c1-4-14(5-2)13-26-20-17(15-8-10-25(3)11-9-15)12-23-27(20)22(30)18(21(26)29)19(28)24-16-6-7-16/h8,12,14,16,19,24,28,30H,4-7,9-11,13H2,1-3H3. The summed E-state index contributed by atoms with van der Waals surface area (Å²) >= 11 is 0. The van der Waals surface area contributed by atoms with E-state index in [9.17, 15) is 15.0 Å². The Balaban J connectivity index is 1.89. The third kappa shape index (κ3) is 3.91. The molecule has 8 nitrogen and oxygen atoms in total. The molecule has 0 saturated heterocycles. The van der Waals surface area contributed by atoms with Gasteiger partial charge in [0.2, 0.25) is 5.88 Å². The lowest BCUT2D eigenvalue weighted by atomic mass is 10.0. The second-order valence-electron chi connectivity index (χ2n) is 8.71. The zero-order valence-corrected chi connectivity index (χ0v) is 18.1. The van der Waals surface area contributed by atoms with E-state index in [1.165, 1.54) is 4.52 Å². The van der Waals surface area contributed by atoms with Crippen molar-refractivity contribution in [3.8, 4) is 5.88 Å². The number of rotatable bonds is 8. The van der Waals surface area contributed by atoms with E-state index in [0.717, 1.165) is 56.3 Å². The molecule has 1 atom stereocenters. The van der Waals surface area contributed by atoms with Crippen LogP contribution < -0.4 is 10.9 Å². The molecule has 30 heavy (non-hydrogen) atoms. The average Bonchev–Trinajstić information content (AvgIpc) is 3.43. The van der Waals surface area contributed by atoms with E-state index in [1.54, 1.807) is 10.8 Å². The Labute approximate surface area is 176 Å². The maximum Gasteiger partial charge on any atom is 0.264 e. The highest BCUT2D eigenvalue weighted by atomic mass is 16.3. The lowest BCUT2D eigenvalue weighted by molar-refractivity contribution is 0.130. The lowest BCUT2D eigenvalue weighted by Crippen LogP contribution is -2.35. The monoisotopic (exact) mass is 415 g/mol. The van der Waals surface area contributed by atoms with Gasteiger partial charge in [-0.05, 0) is 37.8 Å². The molecule has 164 valence electrons. The van der Waals surface area contributed by atoms with Crippen molar-refractivity contribution >= 4 is 11.2 Å². The number of nitrogens with one attached hydrogen (secondary N) is 1. The maximum atomic E-state index is 13.5. The van der Waals surface area contributed by atoms with E-state index >= 15 is 0 Å². The van der Waals surface area contributed by atoms with Gasteiger partial charge >= 0.3 is 0 Å². The number of aliphatic hydroxyl groups excluding tert-OH is 1. The third-order valence-corrected chi connectivity index (χ3v) is 6.51. The molecule has 2 aromatic heterocycles. The lowest BCUT2D eigenvalue weighted by Gasteiger charge is -2.23. The molecule has 1 unspecified atom stereocenters. The van der Waals surface area contributed by atoms with Crippen LogP contribution in [-0.2, 0) is 6.54 Å². The highest BCUT2D eigenvalue weighted by Gasteiger charge is 2.31. The highest BCUT2D eigenvalue weighted by molar-refractivity contribution is 5.77. The molecule has 2 aromatic rings. The summed E-state index contributed by atoms with van der Waals surface area (Å²) in [5.41, 5.74) is 2.28. The number of hydrogen-bond donors (Lipinski definition) is 3. The van der Waals surface area contributed by atoms with Crippen LogP contribution in [0.15, 0.2) is 17.1 Å². The van der Waals surface area contributed by atoms with Gasteiger partial charge in [-0.1, -0.05) is 32.8 Å². The summed E-state index contributed by atoms with van der Waals surface area (Å²) in [5.74, 6) is 0.0443. The van der Waals surface area contributed by atoms with Crippen molar-refractivity contribution in [1.82, 2.24) is 24.4 Å². The van der Waals surface area contributed by atoms with Crippen molar-refractivity contribution in [3.63, 3.8) is 0 Å². The molecular weight excluding hydrogens is 382 g/mol. The van der Waals surface area contributed by atoms with Gasteiger partial charge < -0.3 is 15.1 Å². The molecule has 0 aromatic carbocycles. The molecule has 1 fully saturated rings. The first-order valence-electron chi connectivity index (χ1n) is 11.1. The van der Waals surface area contributed by atoms with Gasteiger partial charge in [0.05, 0.1) is 6.20 Å². The van der Waals surface area contributed by atoms with Crippen LogP contribution in [0.2, 0.25) is 0 Å². The minimum Gasteiger partial charge on any atom is -0.493 e. The molecule has 1 saturated carbocycles. The Morgan fingerprint density at radius 2 is 2.03 bits per heavy atom. The number of fused-ring (bicyclic) bond motifs is 1. The van der Waals surface area contributed by atoms with Gasteiger partial charge in [-0.25, -0.2) is 0 Å². The first-order chi connectivity index (χ1) is 14.4. The molecule has 4 rings (SSSR count). The van der Waals surface area contributed by atoms with E-state index < -0.39 is 6.23 Å². The normalized spacial score (nSPS) is 18.9. The average molecular weight is 416 g/mol. The van der Waals surface area contributed by atoms with Gasteiger partial charge in [0.15, 0.2) is 0 Å². The maximum absolute atomic E-state index is 13.5. The van der Waals surface area contributed by atoms with Crippen LogP contribution in [0.4, 0.5) is 0 Å². The van der Waals surface area contributed by atoms with Gasteiger partial charge in [-0.15, -0.1) is 0 Å². The van der Waals surface area contributed by atoms with Crippen LogP contribution in [-0.4, -0.2) is 55.5 Å². The molecule has 2 aliphatic rings. The predicted octanol–water partition coefficient (Wildman–Crippen LogP) is 2.10. The van der Waals surface area contributed by atoms with Gasteiger partial charge in [0.25, 0.3) is 5.56 Å². The van der Waals surface area contributed by atoms with Crippen LogP contribution in [0.1, 0.15) is 63.3 Å². The van der Waals surface area contributed by atoms with Crippen molar-refractivity contribution in [2.24, 2.45) is 5.92 Å². The van der Waals surface area contributed by atoms with Crippen molar-refractivity contribution in [2.75, 3.05) is 20.1 Å². The molecule has 3 heterocycles. The Morgan fingerprint density at radius 3 is 2.63 bits per heavy atom. The number of nitrogens with zero attached hydrogens (tertiary/aromatic N) is 4. The largest absolute Gasteiger partial charge is 0.493 e. The van der Waals surface area contributed by atoms with E-state index in [2.05, 4.69) is 42.3 Å². The highest BCUT2D eigenvalue weighted by Crippen LogP contribution is 2.31. The van der Waals surface area contributed by atoms with Crippen molar-refractivity contribution in [3.05, 3.63) is 33.8 Å². The zero-order chi connectivity index (χ0) is 21.4. The summed E-state index contributed by atoms with van der Waals surface area (Å²) < 4.78 is 3.14. The first-order valence-corrected chi connectivity index (χ1v) is 11.1. The Morgan fingerprint density at radius 1 is 1.30 bits per heavy atom. The van der Waals surface area contributed by atoms with E-state index in [1.807, 2.05) is 0 Å². The minimum atomic E-state index is -1.21. The molecule has 1 aliphatic carbocycles. The molecule has 8 heteroatoms. The fourth-order valence-electron chi connectivity index (χ4n) is 4.22. The summed E-state index contributed by atoms with van der Waals surface area (Å²) in [7, 11) is 2.08. The summed E-state index contributed by atoms with van der Waals surface area (Å²) in [6.07, 6.45) is 7.40. The van der Waals surface area contributed by atoms with Crippen LogP contribution in [0.25, 0.3) is 11.2 Å². The van der Waals surface area contributed by atoms with Gasteiger partial charge in [0.1, 0.15) is 17.4 Å². The van der Waals surface area contributed by atoms with Crippen molar-refractivity contribution in [2.45, 2.75) is 64.8 Å². The van der Waals surface area contributed by atoms with Crippen molar-refractivity contribution < 1.29 is 10.2 Å². The molecular formula is C22H33N5O3. The van der Waals surface area contributed by atoms with Gasteiger partial charge in [0, 0.05) is 31.2 Å². The van der Waals surface area contributed by atoms with E-state index in [-0.39, 0.29) is 23.0 Å². The van der Waals surface area contributed by atoms with Crippen LogP contribution >= 0.6 is 0 Å². The number of likely N-dealkylation sites (N-methyl/N-ethyl adjacent to an activating group) is 1. The fraction of sp³-hybridized carbons (Fsp3) is 0.636. The number of aromatic nitrogens is 3.